The van der Waals surface area contributed by atoms with Crippen LogP contribution in [0.5, 0.6) is 0 Å². The number of aliphatic hydroxyl groups is 1. The molecule has 1 aromatic carbocycles. The molecule has 1 aliphatic heterocycles. The number of hydrogen-bond donors (Lipinski definition) is 1. The van der Waals surface area contributed by atoms with Crippen molar-refractivity contribution in [2.45, 2.75) is 18.6 Å². The van der Waals surface area contributed by atoms with Crippen molar-refractivity contribution in [2.75, 3.05) is 25.2 Å². The average Bonchev–Trinajstić information content (AvgIpc) is 2.81. The quantitative estimate of drug-likeness (QED) is 0.878. The molecule has 1 aromatic rings. The summed E-state index contributed by atoms with van der Waals surface area (Å²) in [6.45, 7) is 0.504. The number of nitriles is 1. The summed E-state index contributed by atoms with van der Waals surface area (Å²) >= 11 is 0. The van der Waals surface area contributed by atoms with E-state index in [-0.39, 0.29) is 18.8 Å². The second-order valence-corrected chi connectivity index (χ2v) is 4.36. The number of nitrogens with zero attached hydrogens (tertiary/aromatic N) is 2. The van der Waals surface area contributed by atoms with E-state index in [0.29, 0.717) is 24.2 Å². The topological polar surface area (TPSA) is 56.5 Å². The number of anilines is 1. The zero-order chi connectivity index (χ0) is 13.1. The summed E-state index contributed by atoms with van der Waals surface area (Å²) in [5, 5.41) is 18.0. The van der Waals surface area contributed by atoms with Crippen molar-refractivity contribution >= 4 is 5.69 Å². The minimum absolute atomic E-state index is 0.00260. The van der Waals surface area contributed by atoms with Crippen LogP contribution in [0.4, 0.5) is 10.1 Å². The van der Waals surface area contributed by atoms with E-state index >= 15 is 0 Å². The molecule has 1 fully saturated rings. The highest BCUT2D eigenvalue weighted by molar-refractivity contribution is 5.53. The maximum absolute atomic E-state index is 13.9. The summed E-state index contributed by atoms with van der Waals surface area (Å²) in [6, 6.07) is 6.12. The summed E-state index contributed by atoms with van der Waals surface area (Å²) in [6.07, 6.45) is 0.670. The normalized spacial score (nSPS) is 23.1. The maximum Gasteiger partial charge on any atom is 0.147 e. The first-order chi connectivity index (χ1) is 8.69. The van der Waals surface area contributed by atoms with Gasteiger partial charge in [0.25, 0.3) is 0 Å². The Bertz CT molecular complexity index is 473. The van der Waals surface area contributed by atoms with E-state index in [1.807, 2.05) is 6.07 Å². The summed E-state index contributed by atoms with van der Waals surface area (Å²) in [4.78, 5) is 1.80. The molecule has 2 rings (SSSR count). The monoisotopic (exact) mass is 250 g/mol. The van der Waals surface area contributed by atoms with Crippen molar-refractivity contribution in [2.24, 2.45) is 0 Å². The van der Waals surface area contributed by atoms with Crippen molar-refractivity contribution < 1.29 is 14.2 Å². The van der Waals surface area contributed by atoms with Crippen LogP contribution in [0, 0.1) is 17.1 Å². The lowest BCUT2D eigenvalue weighted by Crippen LogP contribution is -2.33. The molecule has 1 heterocycles. The van der Waals surface area contributed by atoms with Gasteiger partial charge in [-0.3, -0.25) is 0 Å². The van der Waals surface area contributed by atoms with Crippen molar-refractivity contribution in [1.82, 2.24) is 0 Å². The Balaban J connectivity index is 2.28. The van der Waals surface area contributed by atoms with Gasteiger partial charge in [-0.25, -0.2) is 4.39 Å². The van der Waals surface area contributed by atoms with Gasteiger partial charge in [-0.05, 0) is 24.6 Å². The third-order valence-corrected chi connectivity index (χ3v) is 3.31. The first-order valence-corrected chi connectivity index (χ1v) is 5.79. The van der Waals surface area contributed by atoms with Gasteiger partial charge >= 0.3 is 0 Å². The predicted molar refractivity (Wildman–Crippen MR) is 64.7 cm³/mol. The fourth-order valence-electron chi connectivity index (χ4n) is 2.32. The van der Waals surface area contributed by atoms with E-state index < -0.39 is 5.82 Å². The van der Waals surface area contributed by atoms with Crippen molar-refractivity contribution in [3.63, 3.8) is 0 Å². The minimum atomic E-state index is -0.441. The van der Waals surface area contributed by atoms with Gasteiger partial charge in [0.2, 0.25) is 0 Å². The number of methoxy groups -OCH3 is 1. The van der Waals surface area contributed by atoms with Gasteiger partial charge in [-0.1, -0.05) is 0 Å². The van der Waals surface area contributed by atoms with Gasteiger partial charge in [0.05, 0.1) is 36.1 Å². The number of rotatable bonds is 3. The molecule has 0 radical (unpaired) electrons. The molecule has 0 spiro atoms. The molecule has 0 saturated carbocycles. The molecule has 0 amide bonds. The Labute approximate surface area is 105 Å². The molecule has 0 aliphatic carbocycles. The first kappa shape index (κ1) is 12.8. The van der Waals surface area contributed by atoms with Gasteiger partial charge in [0.1, 0.15) is 5.82 Å². The van der Waals surface area contributed by atoms with E-state index in [9.17, 15) is 9.50 Å². The van der Waals surface area contributed by atoms with E-state index in [1.165, 1.54) is 6.07 Å². The second-order valence-electron chi connectivity index (χ2n) is 4.36. The smallest absolute Gasteiger partial charge is 0.147 e. The molecule has 0 aromatic heterocycles. The molecule has 1 aliphatic rings. The van der Waals surface area contributed by atoms with Crippen molar-refractivity contribution in [1.29, 1.82) is 5.26 Å². The Morgan fingerprint density at radius 3 is 2.94 bits per heavy atom. The number of halogens is 1. The van der Waals surface area contributed by atoms with Gasteiger partial charge in [-0.15, -0.1) is 0 Å². The van der Waals surface area contributed by atoms with Gasteiger partial charge in [0.15, 0.2) is 0 Å². The summed E-state index contributed by atoms with van der Waals surface area (Å²) in [5.74, 6) is -0.441. The van der Waals surface area contributed by atoms with Crippen LogP contribution in [-0.2, 0) is 4.74 Å². The van der Waals surface area contributed by atoms with Crippen LogP contribution < -0.4 is 4.90 Å². The molecular weight excluding hydrogens is 235 g/mol. The zero-order valence-corrected chi connectivity index (χ0v) is 10.1. The highest BCUT2D eigenvalue weighted by Gasteiger charge is 2.33. The Morgan fingerprint density at radius 2 is 2.39 bits per heavy atom. The highest BCUT2D eigenvalue weighted by Crippen LogP contribution is 2.29. The molecule has 0 bridgehead atoms. The van der Waals surface area contributed by atoms with Crippen LogP contribution in [0.25, 0.3) is 0 Å². The van der Waals surface area contributed by atoms with Gasteiger partial charge < -0.3 is 14.7 Å². The number of ether oxygens (including phenoxy) is 1. The van der Waals surface area contributed by atoms with E-state index in [4.69, 9.17) is 10.00 Å². The summed E-state index contributed by atoms with van der Waals surface area (Å²) in [7, 11) is 1.61. The van der Waals surface area contributed by atoms with Crippen LogP contribution in [0.15, 0.2) is 18.2 Å². The molecule has 2 atom stereocenters. The fraction of sp³-hybridized carbons (Fsp3) is 0.462. The largest absolute Gasteiger partial charge is 0.394 e. The van der Waals surface area contributed by atoms with E-state index in [2.05, 4.69) is 0 Å². The lowest BCUT2D eigenvalue weighted by atomic mass is 10.1. The average molecular weight is 250 g/mol. The first-order valence-electron chi connectivity index (χ1n) is 5.79. The Kier molecular flexibility index (Phi) is 3.80. The lowest BCUT2D eigenvalue weighted by molar-refractivity contribution is 0.115. The molecule has 0 unspecified atom stereocenters. The molecule has 1 N–H and O–H groups in total. The minimum Gasteiger partial charge on any atom is -0.394 e. The van der Waals surface area contributed by atoms with E-state index in [1.54, 1.807) is 24.1 Å². The number of aliphatic hydroxyl groups excluding tert-OH is 1. The molecule has 96 valence electrons. The third-order valence-electron chi connectivity index (χ3n) is 3.31. The number of benzene rings is 1. The Hall–Kier alpha value is -1.64. The predicted octanol–water partition coefficient (Wildman–Crippen LogP) is 1.28. The van der Waals surface area contributed by atoms with Crippen molar-refractivity contribution in [3.8, 4) is 6.07 Å². The Morgan fingerprint density at radius 1 is 1.61 bits per heavy atom. The van der Waals surface area contributed by atoms with Gasteiger partial charge in [-0.2, -0.15) is 5.26 Å². The molecule has 1 saturated heterocycles. The van der Waals surface area contributed by atoms with Crippen LogP contribution >= 0.6 is 0 Å². The molecule has 18 heavy (non-hydrogen) atoms. The molecular formula is C13H15FN2O2. The van der Waals surface area contributed by atoms with Crippen LogP contribution in [0.1, 0.15) is 12.0 Å². The second kappa shape index (κ2) is 5.34. The van der Waals surface area contributed by atoms with Crippen molar-refractivity contribution in [3.05, 3.63) is 29.6 Å². The maximum atomic E-state index is 13.9. The van der Waals surface area contributed by atoms with Crippen LogP contribution in [0.2, 0.25) is 0 Å². The van der Waals surface area contributed by atoms with E-state index in [0.717, 1.165) is 0 Å². The third kappa shape index (κ3) is 2.30. The SMILES string of the molecule is CO[C@@H]1C[C@@H](CO)N(c2ccc(C#N)cc2F)C1. The zero-order valence-electron chi connectivity index (χ0n) is 10.1. The summed E-state index contributed by atoms with van der Waals surface area (Å²) < 4.78 is 19.2. The highest BCUT2D eigenvalue weighted by atomic mass is 19.1. The van der Waals surface area contributed by atoms with Crippen LogP contribution in [0.3, 0.4) is 0 Å². The standard InChI is InChI=1S/C13H15FN2O2/c1-18-11-5-10(8-17)16(7-11)13-3-2-9(6-15)4-12(13)14/h2-4,10-11,17H,5,7-8H2,1H3/t10-,11+/m0/s1. The fourth-order valence-corrected chi connectivity index (χ4v) is 2.32. The van der Waals surface area contributed by atoms with Gasteiger partial charge in [0, 0.05) is 13.7 Å². The van der Waals surface area contributed by atoms with Crippen LogP contribution in [-0.4, -0.2) is 37.5 Å². The lowest BCUT2D eigenvalue weighted by Gasteiger charge is -2.25. The number of hydrogen-bond acceptors (Lipinski definition) is 4. The molecule has 4 nitrogen and oxygen atoms in total. The summed E-state index contributed by atoms with van der Waals surface area (Å²) in [5.41, 5.74) is 0.701. The molecule has 5 heteroatoms.